The summed E-state index contributed by atoms with van der Waals surface area (Å²) in [5.41, 5.74) is 1.52. The Morgan fingerprint density at radius 3 is 2.92 bits per heavy atom. The fraction of sp³-hybridized carbons (Fsp3) is 0.750. The molecule has 0 radical (unpaired) electrons. The van der Waals surface area contributed by atoms with Crippen LogP contribution in [0, 0.1) is 11.3 Å². The van der Waals surface area contributed by atoms with Gasteiger partial charge in [0, 0.05) is 6.42 Å². The SMILES string of the molecule is CC1(C)CCC=C2C(=O)CCCC21. The zero-order valence-corrected chi connectivity index (χ0v) is 8.60. The Hall–Kier alpha value is -0.590. The standard InChI is InChI=1S/C12H18O/c1-12(2)8-4-5-9-10(12)6-3-7-11(9)13/h5,10H,3-4,6-8H2,1-2H3. The van der Waals surface area contributed by atoms with E-state index in [0.29, 0.717) is 17.1 Å². The molecule has 1 heteroatoms. The van der Waals surface area contributed by atoms with Crippen LogP contribution in [0.2, 0.25) is 0 Å². The van der Waals surface area contributed by atoms with Gasteiger partial charge in [0.05, 0.1) is 0 Å². The largest absolute Gasteiger partial charge is 0.295 e. The topological polar surface area (TPSA) is 17.1 Å². The molecule has 13 heavy (non-hydrogen) atoms. The van der Waals surface area contributed by atoms with E-state index in [1.807, 2.05) is 0 Å². The molecule has 1 fully saturated rings. The summed E-state index contributed by atoms with van der Waals surface area (Å²) in [7, 11) is 0. The molecule has 0 N–H and O–H groups in total. The van der Waals surface area contributed by atoms with Crippen LogP contribution in [0.4, 0.5) is 0 Å². The van der Waals surface area contributed by atoms with Crippen molar-refractivity contribution >= 4 is 5.78 Å². The molecule has 1 atom stereocenters. The molecule has 2 rings (SSSR count). The quantitative estimate of drug-likeness (QED) is 0.557. The van der Waals surface area contributed by atoms with Crippen LogP contribution in [-0.4, -0.2) is 5.78 Å². The van der Waals surface area contributed by atoms with E-state index in [0.717, 1.165) is 24.8 Å². The van der Waals surface area contributed by atoms with Crippen molar-refractivity contribution in [2.45, 2.75) is 46.0 Å². The molecule has 1 nitrogen and oxygen atoms in total. The maximum atomic E-state index is 11.6. The zero-order valence-electron chi connectivity index (χ0n) is 8.60. The molecule has 0 heterocycles. The molecule has 0 aromatic rings. The Balaban J connectivity index is 2.31. The van der Waals surface area contributed by atoms with E-state index in [1.54, 1.807) is 0 Å². The first-order valence-electron chi connectivity index (χ1n) is 5.34. The number of carbonyl (C=O) groups is 1. The van der Waals surface area contributed by atoms with E-state index in [4.69, 9.17) is 0 Å². The predicted octanol–water partition coefficient (Wildman–Crippen LogP) is 3.10. The van der Waals surface area contributed by atoms with Gasteiger partial charge in [-0.3, -0.25) is 4.79 Å². The average Bonchev–Trinajstić information content (AvgIpc) is 2.06. The van der Waals surface area contributed by atoms with E-state index in [9.17, 15) is 4.79 Å². The van der Waals surface area contributed by atoms with Crippen molar-refractivity contribution in [3.63, 3.8) is 0 Å². The van der Waals surface area contributed by atoms with Gasteiger partial charge >= 0.3 is 0 Å². The van der Waals surface area contributed by atoms with Crippen LogP contribution in [0.5, 0.6) is 0 Å². The minimum atomic E-state index is 0.361. The van der Waals surface area contributed by atoms with Gasteiger partial charge in [-0.1, -0.05) is 19.9 Å². The molecule has 0 bridgehead atoms. The highest BCUT2D eigenvalue weighted by molar-refractivity contribution is 5.96. The lowest BCUT2D eigenvalue weighted by atomic mass is 9.63. The molecule has 0 amide bonds. The van der Waals surface area contributed by atoms with Gasteiger partial charge in [-0.15, -0.1) is 0 Å². The summed E-state index contributed by atoms with van der Waals surface area (Å²) >= 11 is 0. The molecule has 0 spiro atoms. The molecule has 1 saturated carbocycles. The lowest BCUT2D eigenvalue weighted by molar-refractivity contribution is -0.118. The summed E-state index contributed by atoms with van der Waals surface area (Å²) in [6, 6.07) is 0. The van der Waals surface area contributed by atoms with Crippen LogP contribution in [0.25, 0.3) is 0 Å². The van der Waals surface area contributed by atoms with Gasteiger partial charge in [-0.25, -0.2) is 0 Å². The first-order chi connectivity index (χ1) is 6.11. The third-order valence-corrected chi connectivity index (χ3v) is 3.69. The van der Waals surface area contributed by atoms with Crippen LogP contribution in [-0.2, 0) is 4.79 Å². The van der Waals surface area contributed by atoms with Gasteiger partial charge in [0.2, 0.25) is 0 Å². The van der Waals surface area contributed by atoms with Gasteiger partial charge in [0.25, 0.3) is 0 Å². The molecular formula is C12H18O. The number of Topliss-reactive ketones (excluding diaryl/α,β-unsaturated/α-hetero) is 1. The summed E-state index contributed by atoms with van der Waals surface area (Å²) in [6.45, 7) is 4.62. The monoisotopic (exact) mass is 178 g/mol. The highest BCUT2D eigenvalue weighted by Crippen LogP contribution is 2.46. The minimum Gasteiger partial charge on any atom is -0.295 e. The third-order valence-electron chi connectivity index (χ3n) is 3.69. The van der Waals surface area contributed by atoms with Crippen LogP contribution in [0.3, 0.4) is 0 Å². The molecule has 0 aromatic heterocycles. The maximum absolute atomic E-state index is 11.6. The summed E-state index contributed by atoms with van der Waals surface area (Å²) in [4.78, 5) is 11.6. The molecule has 0 saturated heterocycles. The number of carbonyl (C=O) groups excluding carboxylic acids is 1. The summed E-state index contributed by atoms with van der Waals surface area (Å²) in [5.74, 6) is 0.978. The smallest absolute Gasteiger partial charge is 0.158 e. The Labute approximate surface area is 80.2 Å². The summed E-state index contributed by atoms with van der Waals surface area (Å²) in [6.07, 6.45) is 7.66. The summed E-state index contributed by atoms with van der Waals surface area (Å²) in [5, 5.41) is 0. The number of fused-ring (bicyclic) bond motifs is 1. The molecular weight excluding hydrogens is 160 g/mol. The van der Waals surface area contributed by atoms with E-state index in [1.165, 1.54) is 12.8 Å². The van der Waals surface area contributed by atoms with Crippen molar-refractivity contribution in [3.05, 3.63) is 11.6 Å². The Morgan fingerprint density at radius 1 is 1.46 bits per heavy atom. The normalized spacial score (nSPS) is 32.3. The highest BCUT2D eigenvalue weighted by Gasteiger charge is 2.38. The Kier molecular flexibility index (Phi) is 2.05. The number of ketones is 1. The Morgan fingerprint density at radius 2 is 2.23 bits per heavy atom. The van der Waals surface area contributed by atoms with Crippen LogP contribution >= 0.6 is 0 Å². The lowest BCUT2D eigenvalue weighted by Crippen LogP contribution is -2.34. The van der Waals surface area contributed by atoms with Crippen molar-refractivity contribution in [1.82, 2.24) is 0 Å². The second-order valence-electron chi connectivity index (χ2n) is 5.05. The van der Waals surface area contributed by atoms with Crippen LogP contribution < -0.4 is 0 Å². The van der Waals surface area contributed by atoms with Crippen molar-refractivity contribution in [2.24, 2.45) is 11.3 Å². The molecule has 1 unspecified atom stereocenters. The van der Waals surface area contributed by atoms with Gasteiger partial charge in [0.15, 0.2) is 5.78 Å². The van der Waals surface area contributed by atoms with Crippen molar-refractivity contribution in [2.75, 3.05) is 0 Å². The molecule has 0 aromatic carbocycles. The minimum absolute atomic E-state index is 0.361. The van der Waals surface area contributed by atoms with Crippen molar-refractivity contribution in [3.8, 4) is 0 Å². The number of hydrogen-bond donors (Lipinski definition) is 0. The van der Waals surface area contributed by atoms with Gasteiger partial charge in [-0.2, -0.15) is 0 Å². The van der Waals surface area contributed by atoms with Crippen molar-refractivity contribution < 1.29 is 4.79 Å². The predicted molar refractivity (Wildman–Crippen MR) is 53.4 cm³/mol. The maximum Gasteiger partial charge on any atom is 0.158 e. The first kappa shape index (κ1) is 8.98. The fourth-order valence-corrected chi connectivity index (χ4v) is 2.80. The number of rotatable bonds is 0. The average molecular weight is 178 g/mol. The molecule has 0 aliphatic heterocycles. The summed E-state index contributed by atoms with van der Waals surface area (Å²) < 4.78 is 0. The lowest BCUT2D eigenvalue weighted by Gasteiger charge is -2.41. The van der Waals surface area contributed by atoms with Crippen molar-refractivity contribution in [1.29, 1.82) is 0 Å². The third kappa shape index (κ3) is 1.45. The second-order valence-corrected chi connectivity index (χ2v) is 5.05. The highest BCUT2D eigenvalue weighted by atomic mass is 16.1. The number of allylic oxidation sites excluding steroid dienone is 2. The second kappa shape index (κ2) is 2.97. The number of hydrogen-bond acceptors (Lipinski definition) is 1. The van der Waals surface area contributed by atoms with Gasteiger partial charge in [-0.05, 0) is 42.6 Å². The molecule has 72 valence electrons. The van der Waals surface area contributed by atoms with E-state index in [2.05, 4.69) is 19.9 Å². The first-order valence-corrected chi connectivity index (χ1v) is 5.34. The van der Waals surface area contributed by atoms with E-state index >= 15 is 0 Å². The van der Waals surface area contributed by atoms with Gasteiger partial charge < -0.3 is 0 Å². The molecule has 2 aliphatic carbocycles. The molecule has 2 aliphatic rings. The Bertz CT molecular complexity index is 260. The zero-order chi connectivity index (χ0) is 9.47. The van der Waals surface area contributed by atoms with Crippen LogP contribution in [0.15, 0.2) is 11.6 Å². The van der Waals surface area contributed by atoms with Crippen LogP contribution in [0.1, 0.15) is 46.0 Å². The van der Waals surface area contributed by atoms with E-state index < -0.39 is 0 Å². The fourth-order valence-electron chi connectivity index (χ4n) is 2.80. The van der Waals surface area contributed by atoms with Gasteiger partial charge in [0.1, 0.15) is 0 Å². The van der Waals surface area contributed by atoms with E-state index in [-0.39, 0.29) is 0 Å².